The zero-order chi connectivity index (χ0) is 34.3. The summed E-state index contributed by atoms with van der Waals surface area (Å²) in [6.45, 7) is 4.89. The molecule has 0 aliphatic heterocycles. The van der Waals surface area contributed by atoms with Crippen LogP contribution in [0.2, 0.25) is 0 Å². The molecule has 8 aromatic rings. The molecular formula is C45H36N4OS. The molecule has 0 saturated heterocycles. The van der Waals surface area contributed by atoms with Crippen molar-refractivity contribution in [2.24, 2.45) is 17.8 Å². The topological polar surface area (TPSA) is 75.6 Å². The average molecular weight is 681 g/mol. The first-order chi connectivity index (χ1) is 24.9. The van der Waals surface area contributed by atoms with Gasteiger partial charge in [0.15, 0.2) is 17.5 Å². The van der Waals surface area contributed by atoms with Crippen LogP contribution in [0.5, 0.6) is 0 Å². The Balaban J connectivity index is 1.11. The molecule has 6 heteroatoms. The van der Waals surface area contributed by atoms with E-state index in [9.17, 15) is 5.26 Å². The summed E-state index contributed by atoms with van der Waals surface area (Å²) >= 11 is 1.69. The standard InChI is InChI=1S/C45H36N4OS/c1-26-17-29-18-27(2)23-45(22-26,24-29)33-12-8-30(9-13-33)42-47-43(31-11-16-39-37(20-31)34-5-3-4-6-38(34)50-39)49-44(48-42)32-10-15-36-35-14-7-28(25-46)19-40(35)51-41(36)21-32/h3-16,19-21,26-27,29H,17-18,22-24H2,1-2H3/t26-,27+,29-,45?. The van der Waals surface area contributed by atoms with Crippen LogP contribution in [-0.2, 0) is 5.41 Å². The van der Waals surface area contributed by atoms with Gasteiger partial charge in [-0.2, -0.15) is 5.26 Å². The summed E-state index contributed by atoms with van der Waals surface area (Å²) in [6, 6.07) is 38.1. The van der Waals surface area contributed by atoms with Crippen LogP contribution in [0.15, 0.2) is 108 Å². The van der Waals surface area contributed by atoms with E-state index in [0.29, 0.717) is 23.0 Å². The van der Waals surface area contributed by atoms with E-state index in [1.165, 1.54) is 43.1 Å². The van der Waals surface area contributed by atoms with E-state index >= 15 is 0 Å². The highest BCUT2D eigenvalue weighted by atomic mass is 32.1. The van der Waals surface area contributed by atoms with Gasteiger partial charge in [0.1, 0.15) is 11.2 Å². The monoisotopic (exact) mass is 680 g/mol. The quantitative estimate of drug-likeness (QED) is 0.185. The molecule has 248 valence electrons. The SMILES string of the molecule is C[C@@H]1C[C@@H]2C[C@H](C)CC(c3ccc(-c4nc(-c5ccc6c(c5)sc5cc(C#N)ccc56)nc(-c5ccc6oc7ccccc7c6c5)n4)cc3)(C1)C2. The highest BCUT2D eigenvalue weighted by molar-refractivity contribution is 7.25. The molecule has 0 spiro atoms. The summed E-state index contributed by atoms with van der Waals surface area (Å²) in [6.07, 6.45) is 6.60. The summed E-state index contributed by atoms with van der Waals surface area (Å²) < 4.78 is 8.38. The number of benzene rings is 5. The zero-order valence-electron chi connectivity index (χ0n) is 28.7. The normalized spacial score (nSPS) is 21.8. The van der Waals surface area contributed by atoms with Crippen molar-refractivity contribution in [3.63, 3.8) is 0 Å². The third-order valence-corrected chi connectivity index (χ3v) is 12.6. The lowest BCUT2D eigenvalue weighted by atomic mass is 9.54. The second-order valence-electron chi connectivity index (χ2n) is 15.3. The van der Waals surface area contributed by atoms with Crippen molar-refractivity contribution in [3.05, 3.63) is 114 Å². The van der Waals surface area contributed by atoms with E-state index in [2.05, 4.69) is 74.5 Å². The highest BCUT2D eigenvalue weighted by Crippen LogP contribution is 2.54. The summed E-state index contributed by atoms with van der Waals surface area (Å²) in [4.78, 5) is 15.4. The Labute approximate surface area is 300 Å². The Hall–Kier alpha value is -5.38. The first-order valence-corrected chi connectivity index (χ1v) is 18.9. The number of hydrogen-bond acceptors (Lipinski definition) is 6. The molecule has 1 unspecified atom stereocenters. The highest BCUT2D eigenvalue weighted by Gasteiger charge is 2.45. The van der Waals surface area contributed by atoms with Gasteiger partial charge in [0.05, 0.1) is 11.6 Å². The zero-order valence-corrected chi connectivity index (χ0v) is 29.5. The Morgan fingerprint density at radius 3 is 1.98 bits per heavy atom. The Kier molecular flexibility index (Phi) is 6.91. The minimum absolute atomic E-state index is 0.268. The average Bonchev–Trinajstić information content (AvgIpc) is 3.71. The van der Waals surface area contributed by atoms with Crippen molar-refractivity contribution >= 4 is 53.4 Å². The van der Waals surface area contributed by atoms with Crippen molar-refractivity contribution in [2.75, 3.05) is 0 Å². The Bertz CT molecular complexity index is 2680. The van der Waals surface area contributed by atoms with Crippen molar-refractivity contribution in [2.45, 2.75) is 51.4 Å². The van der Waals surface area contributed by atoms with Crippen LogP contribution in [0.4, 0.5) is 0 Å². The molecule has 51 heavy (non-hydrogen) atoms. The minimum Gasteiger partial charge on any atom is -0.456 e. The van der Waals surface area contributed by atoms with E-state index in [0.717, 1.165) is 71.2 Å². The number of aromatic nitrogens is 3. The second kappa shape index (κ2) is 11.6. The number of thiophene rings is 1. The van der Waals surface area contributed by atoms with Crippen molar-refractivity contribution in [1.29, 1.82) is 5.26 Å². The van der Waals surface area contributed by atoms with Gasteiger partial charge >= 0.3 is 0 Å². The molecule has 4 atom stereocenters. The van der Waals surface area contributed by atoms with Crippen molar-refractivity contribution < 1.29 is 4.42 Å². The third-order valence-electron chi connectivity index (χ3n) is 11.5. The van der Waals surface area contributed by atoms with Gasteiger partial charge in [-0.1, -0.05) is 74.5 Å². The number of hydrogen-bond donors (Lipinski definition) is 0. The number of rotatable bonds is 4. The van der Waals surface area contributed by atoms with Gasteiger partial charge in [-0.25, -0.2) is 15.0 Å². The lowest BCUT2D eigenvalue weighted by molar-refractivity contribution is 0.0780. The van der Waals surface area contributed by atoms with Gasteiger partial charge in [0, 0.05) is 47.6 Å². The second-order valence-corrected chi connectivity index (χ2v) is 16.4. The molecule has 2 bridgehead atoms. The van der Waals surface area contributed by atoms with Gasteiger partial charge < -0.3 is 4.42 Å². The minimum atomic E-state index is 0.268. The van der Waals surface area contributed by atoms with Gasteiger partial charge in [0.2, 0.25) is 0 Å². The van der Waals surface area contributed by atoms with Crippen LogP contribution in [0.25, 0.3) is 76.3 Å². The number of furan rings is 1. The fourth-order valence-electron chi connectivity index (χ4n) is 9.64. The maximum absolute atomic E-state index is 9.47. The van der Waals surface area contributed by atoms with E-state index in [4.69, 9.17) is 19.4 Å². The molecule has 3 heterocycles. The predicted octanol–water partition coefficient (Wildman–Crippen LogP) is 12.1. The molecule has 10 rings (SSSR count). The fraction of sp³-hybridized carbons (Fsp3) is 0.244. The first kappa shape index (κ1) is 30.4. The van der Waals surface area contributed by atoms with Gasteiger partial charge in [0.25, 0.3) is 0 Å². The maximum atomic E-state index is 9.47. The Morgan fingerprint density at radius 2 is 1.24 bits per heavy atom. The lowest BCUT2D eigenvalue weighted by Gasteiger charge is -2.50. The first-order valence-electron chi connectivity index (χ1n) is 18.1. The van der Waals surface area contributed by atoms with Crippen LogP contribution in [-0.4, -0.2) is 15.0 Å². The van der Waals surface area contributed by atoms with Crippen LogP contribution in [0, 0.1) is 29.1 Å². The van der Waals surface area contributed by atoms with Crippen LogP contribution in [0.1, 0.15) is 57.1 Å². The lowest BCUT2D eigenvalue weighted by Crippen LogP contribution is -2.42. The summed E-state index contributed by atoms with van der Waals surface area (Å²) in [5.74, 6) is 4.30. The number of nitriles is 1. The number of para-hydroxylation sites is 1. The number of nitrogens with zero attached hydrogens (tertiary/aromatic N) is 4. The van der Waals surface area contributed by atoms with Gasteiger partial charge in [-0.3, -0.25) is 0 Å². The van der Waals surface area contributed by atoms with E-state index in [1.807, 2.05) is 48.5 Å². The van der Waals surface area contributed by atoms with Crippen molar-refractivity contribution in [3.8, 4) is 40.2 Å². The van der Waals surface area contributed by atoms with E-state index < -0.39 is 0 Å². The largest absolute Gasteiger partial charge is 0.456 e. The van der Waals surface area contributed by atoms with Gasteiger partial charge in [-0.15, -0.1) is 11.3 Å². The summed E-state index contributed by atoms with van der Waals surface area (Å²) in [7, 11) is 0. The molecule has 2 aliphatic carbocycles. The molecule has 5 aromatic carbocycles. The van der Waals surface area contributed by atoms with Crippen LogP contribution < -0.4 is 0 Å². The van der Waals surface area contributed by atoms with Crippen molar-refractivity contribution in [1.82, 2.24) is 15.0 Å². The molecule has 2 fully saturated rings. The predicted molar refractivity (Wildman–Crippen MR) is 208 cm³/mol. The van der Waals surface area contributed by atoms with Crippen LogP contribution >= 0.6 is 11.3 Å². The molecule has 0 amide bonds. The van der Waals surface area contributed by atoms with Gasteiger partial charge in [-0.05, 0) is 103 Å². The van der Waals surface area contributed by atoms with E-state index in [1.54, 1.807) is 11.3 Å². The Morgan fingerprint density at radius 1 is 0.627 bits per heavy atom. The van der Waals surface area contributed by atoms with Crippen LogP contribution in [0.3, 0.4) is 0 Å². The molecule has 3 aromatic heterocycles. The molecule has 5 nitrogen and oxygen atoms in total. The summed E-state index contributed by atoms with van der Waals surface area (Å²) in [5, 5.41) is 13.9. The summed E-state index contributed by atoms with van der Waals surface area (Å²) in [5.41, 5.74) is 6.96. The molecule has 0 N–H and O–H groups in total. The molecular weight excluding hydrogens is 645 g/mol. The number of fused-ring (bicyclic) bond motifs is 8. The third kappa shape index (κ3) is 5.14. The smallest absolute Gasteiger partial charge is 0.164 e. The maximum Gasteiger partial charge on any atom is 0.164 e. The molecule has 2 aliphatic rings. The van der Waals surface area contributed by atoms with E-state index in [-0.39, 0.29) is 5.41 Å². The fourth-order valence-corrected chi connectivity index (χ4v) is 10.8. The molecule has 2 saturated carbocycles. The molecule has 0 radical (unpaired) electrons.